The van der Waals surface area contributed by atoms with Crippen LogP contribution in [0.5, 0.6) is 0 Å². The summed E-state index contributed by atoms with van der Waals surface area (Å²) in [5.74, 6) is 0.870. The van der Waals surface area contributed by atoms with Crippen molar-refractivity contribution in [2.45, 2.75) is 46.5 Å². The van der Waals surface area contributed by atoms with Crippen LogP contribution in [-0.2, 0) is 0 Å². The minimum Gasteiger partial charge on any atom is -0.313 e. The van der Waals surface area contributed by atoms with E-state index in [9.17, 15) is 0 Å². The van der Waals surface area contributed by atoms with Crippen molar-refractivity contribution < 1.29 is 0 Å². The molecule has 0 aromatic rings. The van der Waals surface area contributed by atoms with Gasteiger partial charge in [0.1, 0.15) is 0 Å². The highest BCUT2D eigenvalue weighted by molar-refractivity contribution is 5.48. The number of nitrogens with one attached hydrogen (secondary N) is 1. The van der Waals surface area contributed by atoms with Gasteiger partial charge in [0.2, 0.25) is 0 Å². The molecule has 1 nitrogen and oxygen atoms in total. The molecule has 72 valence electrons. The van der Waals surface area contributed by atoms with Crippen LogP contribution in [0.15, 0.2) is 12.7 Å². The van der Waals surface area contributed by atoms with E-state index < -0.39 is 0 Å². The van der Waals surface area contributed by atoms with Gasteiger partial charge in [0, 0.05) is 0 Å². The molecule has 0 heterocycles. The van der Waals surface area contributed by atoms with Gasteiger partial charge in [-0.1, -0.05) is 32.8 Å². The summed E-state index contributed by atoms with van der Waals surface area (Å²) in [6.45, 7) is 9.89. The summed E-state index contributed by atoms with van der Waals surface area (Å²) in [7, 11) is 0. The van der Waals surface area contributed by atoms with Crippen LogP contribution in [0.1, 0.15) is 46.5 Å². The van der Waals surface area contributed by atoms with E-state index in [0.29, 0.717) is 0 Å². The SMILES string of the molecule is C=CCCCCC(C)C.CC=N. The fraction of sp³-hybridized carbons (Fsp3) is 0.727. The third-order valence-electron chi connectivity index (χ3n) is 1.44. The Labute approximate surface area is 77.4 Å². The van der Waals surface area contributed by atoms with E-state index in [0.717, 1.165) is 5.92 Å². The highest BCUT2D eigenvalue weighted by Gasteiger charge is 1.91. The monoisotopic (exact) mass is 169 g/mol. The fourth-order valence-electron chi connectivity index (χ4n) is 0.841. The molecule has 0 aromatic carbocycles. The maximum absolute atomic E-state index is 6.08. The van der Waals surface area contributed by atoms with Gasteiger partial charge < -0.3 is 5.41 Å². The van der Waals surface area contributed by atoms with E-state index >= 15 is 0 Å². The van der Waals surface area contributed by atoms with Crippen molar-refractivity contribution in [3.05, 3.63) is 12.7 Å². The average Bonchev–Trinajstić information content (AvgIpc) is 1.99. The molecule has 0 aliphatic rings. The number of rotatable bonds is 5. The third kappa shape index (κ3) is 22.7. The molecule has 0 aliphatic heterocycles. The van der Waals surface area contributed by atoms with E-state index in [1.807, 2.05) is 6.08 Å². The smallest absolute Gasteiger partial charge is 0.00788 e. The zero-order valence-corrected chi connectivity index (χ0v) is 8.77. The zero-order chi connectivity index (χ0) is 9.82. The van der Waals surface area contributed by atoms with E-state index in [1.54, 1.807) is 6.92 Å². The average molecular weight is 169 g/mol. The molecule has 0 unspecified atom stereocenters. The van der Waals surface area contributed by atoms with Crippen LogP contribution in [0.25, 0.3) is 0 Å². The first kappa shape index (κ1) is 14.0. The summed E-state index contributed by atoms with van der Waals surface area (Å²) in [6, 6.07) is 0. The molecule has 0 spiro atoms. The summed E-state index contributed by atoms with van der Waals surface area (Å²) >= 11 is 0. The Balaban J connectivity index is 0. The molecule has 0 radical (unpaired) electrons. The first-order valence-corrected chi connectivity index (χ1v) is 4.75. The molecule has 0 saturated carbocycles. The minimum absolute atomic E-state index is 0.870. The van der Waals surface area contributed by atoms with Crippen LogP contribution in [0.4, 0.5) is 0 Å². The third-order valence-corrected chi connectivity index (χ3v) is 1.44. The molecule has 12 heavy (non-hydrogen) atoms. The molecule has 0 saturated heterocycles. The Morgan fingerprint density at radius 2 is 1.83 bits per heavy atom. The van der Waals surface area contributed by atoms with E-state index in [-0.39, 0.29) is 0 Å². The lowest BCUT2D eigenvalue weighted by Gasteiger charge is -2.01. The summed E-state index contributed by atoms with van der Waals surface area (Å²) in [6.07, 6.45) is 8.49. The first-order chi connectivity index (χ1) is 5.68. The molecule has 0 aromatic heterocycles. The van der Waals surface area contributed by atoms with Crippen molar-refractivity contribution in [1.29, 1.82) is 5.41 Å². The van der Waals surface area contributed by atoms with Crippen LogP contribution in [0, 0.1) is 11.3 Å². The summed E-state index contributed by atoms with van der Waals surface area (Å²) in [5.41, 5.74) is 0. The van der Waals surface area contributed by atoms with Gasteiger partial charge in [-0.05, 0) is 31.9 Å². The fourth-order valence-corrected chi connectivity index (χ4v) is 0.841. The summed E-state index contributed by atoms with van der Waals surface area (Å²) in [5, 5.41) is 6.08. The van der Waals surface area contributed by atoms with Crippen LogP contribution >= 0.6 is 0 Å². The second kappa shape index (κ2) is 13.0. The van der Waals surface area contributed by atoms with Crippen molar-refractivity contribution >= 4 is 6.21 Å². The number of allylic oxidation sites excluding steroid dienone is 1. The Morgan fingerprint density at radius 3 is 2.17 bits per heavy atom. The molecular formula is C11H23N. The van der Waals surface area contributed by atoms with Crippen LogP contribution in [0.3, 0.4) is 0 Å². The van der Waals surface area contributed by atoms with Crippen molar-refractivity contribution in [3.8, 4) is 0 Å². The van der Waals surface area contributed by atoms with E-state index in [4.69, 9.17) is 5.41 Å². The molecule has 0 bridgehead atoms. The van der Waals surface area contributed by atoms with Crippen molar-refractivity contribution in [1.82, 2.24) is 0 Å². The highest BCUT2D eigenvalue weighted by atomic mass is 14.3. The van der Waals surface area contributed by atoms with Crippen LogP contribution in [0.2, 0.25) is 0 Å². The Morgan fingerprint density at radius 1 is 1.33 bits per heavy atom. The molecule has 1 N–H and O–H groups in total. The van der Waals surface area contributed by atoms with Crippen LogP contribution in [-0.4, -0.2) is 6.21 Å². The van der Waals surface area contributed by atoms with Crippen molar-refractivity contribution in [3.63, 3.8) is 0 Å². The van der Waals surface area contributed by atoms with Crippen molar-refractivity contribution in [2.75, 3.05) is 0 Å². The highest BCUT2D eigenvalue weighted by Crippen LogP contribution is 2.07. The Hall–Kier alpha value is -0.590. The number of unbranched alkanes of at least 4 members (excludes halogenated alkanes) is 2. The van der Waals surface area contributed by atoms with E-state index in [2.05, 4.69) is 20.4 Å². The van der Waals surface area contributed by atoms with Gasteiger partial charge >= 0.3 is 0 Å². The van der Waals surface area contributed by atoms with Gasteiger partial charge in [0.15, 0.2) is 0 Å². The lowest BCUT2D eigenvalue weighted by molar-refractivity contribution is 0.540. The van der Waals surface area contributed by atoms with E-state index in [1.165, 1.54) is 31.9 Å². The predicted molar refractivity (Wildman–Crippen MR) is 58.0 cm³/mol. The minimum atomic E-state index is 0.870. The van der Waals surface area contributed by atoms with Crippen LogP contribution < -0.4 is 0 Å². The zero-order valence-electron chi connectivity index (χ0n) is 8.77. The summed E-state index contributed by atoms with van der Waals surface area (Å²) in [4.78, 5) is 0. The second-order valence-corrected chi connectivity index (χ2v) is 3.26. The molecule has 0 fully saturated rings. The molecule has 0 aliphatic carbocycles. The lowest BCUT2D eigenvalue weighted by Crippen LogP contribution is -1.85. The standard InChI is InChI=1S/C9H18.C2H5N/c1-4-5-6-7-8-9(2)3;1-2-3/h4,9H,1,5-8H2,2-3H3;2-3H,1H3. The quantitative estimate of drug-likeness (QED) is 0.365. The molecule has 0 amide bonds. The normalized spacial score (nSPS) is 8.67. The Bertz CT molecular complexity index is 95.2. The van der Waals surface area contributed by atoms with Crippen molar-refractivity contribution in [2.24, 2.45) is 5.92 Å². The van der Waals surface area contributed by atoms with Gasteiger partial charge in [-0.25, -0.2) is 0 Å². The van der Waals surface area contributed by atoms with Gasteiger partial charge in [-0.2, -0.15) is 0 Å². The topological polar surface area (TPSA) is 23.9 Å². The maximum atomic E-state index is 6.08. The first-order valence-electron chi connectivity index (χ1n) is 4.75. The predicted octanol–water partition coefficient (Wildman–Crippen LogP) is 4.04. The molecule has 1 heteroatoms. The second-order valence-electron chi connectivity index (χ2n) is 3.26. The maximum Gasteiger partial charge on any atom is -0.00788 e. The molecule has 0 rings (SSSR count). The molecule has 0 atom stereocenters. The summed E-state index contributed by atoms with van der Waals surface area (Å²) < 4.78 is 0. The largest absolute Gasteiger partial charge is 0.313 e. The lowest BCUT2D eigenvalue weighted by atomic mass is 10.1. The Kier molecular flexibility index (Phi) is 15.2. The van der Waals surface area contributed by atoms with Gasteiger partial charge in [0.05, 0.1) is 0 Å². The number of hydrogen-bond acceptors (Lipinski definition) is 1. The number of hydrogen-bond donors (Lipinski definition) is 1. The van der Waals surface area contributed by atoms with Gasteiger partial charge in [-0.15, -0.1) is 6.58 Å². The van der Waals surface area contributed by atoms with Gasteiger partial charge in [-0.3, -0.25) is 0 Å². The van der Waals surface area contributed by atoms with Gasteiger partial charge in [0.25, 0.3) is 0 Å². The molecular weight excluding hydrogens is 146 g/mol.